The maximum atomic E-state index is 9.48. The maximum absolute atomic E-state index is 9.48. The van der Waals surface area contributed by atoms with Crippen molar-refractivity contribution < 1.29 is 0 Å². The molecule has 2 aromatic heterocycles. The molecule has 108 valence electrons. The van der Waals surface area contributed by atoms with E-state index in [4.69, 9.17) is 5.73 Å². The minimum Gasteiger partial charge on any atom is -0.368 e. The maximum Gasteiger partial charge on any atom is 0.258 e. The first kappa shape index (κ1) is 13.2. The molecule has 0 aliphatic heterocycles. The molecule has 0 atom stereocenters. The quantitative estimate of drug-likeness (QED) is 0.841. The highest BCUT2D eigenvalue weighted by atomic mass is 15.4. The van der Waals surface area contributed by atoms with Crippen LogP contribution in [0.15, 0.2) is 12.7 Å². The molecule has 1 fully saturated rings. The molecular formula is C12H15N9. The second-order valence-electron chi connectivity index (χ2n) is 5.04. The van der Waals surface area contributed by atoms with E-state index in [1.807, 2.05) is 0 Å². The number of anilines is 2. The highest BCUT2D eigenvalue weighted by Crippen LogP contribution is 2.30. The molecule has 0 radical (unpaired) electrons. The zero-order valence-corrected chi connectivity index (χ0v) is 11.4. The molecule has 3 N–H and O–H groups in total. The Labute approximate surface area is 121 Å². The van der Waals surface area contributed by atoms with Gasteiger partial charge in [0.2, 0.25) is 11.9 Å². The summed E-state index contributed by atoms with van der Waals surface area (Å²) in [4.78, 5) is 16.2. The van der Waals surface area contributed by atoms with Crippen LogP contribution in [0.1, 0.15) is 32.1 Å². The lowest BCUT2D eigenvalue weighted by Gasteiger charge is -2.31. The summed E-state index contributed by atoms with van der Waals surface area (Å²) in [6, 6.07) is 2.35. The first-order valence-electron chi connectivity index (χ1n) is 6.77. The summed E-state index contributed by atoms with van der Waals surface area (Å²) < 4.78 is 1.39. The van der Waals surface area contributed by atoms with E-state index in [1.165, 1.54) is 17.3 Å². The molecule has 9 nitrogen and oxygen atoms in total. The molecule has 21 heavy (non-hydrogen) atoms. The number of nitriles is 1. The second-order valence-corrected chi connectivity index (χ2v) is 5.04. The van der Waals surface area contributed by atoms with E-state index in [1.54, 1.807) is 0 Å². The van der Waals surface area contributed by atoms with Crippen molar-refractivity contribution in [2.75, 3.05) is 11.1 Å². The monoisotopic (exact) mass is 285 g/mol. The summed E-state index contributed by atoms with van der Waals surface area (Å²) in [7, 11) is 0. The number of nitrogens with zero attached hydrogens (tertiary/aromatic N) is 7. The highest BCUT2D eigenvalue weighted by Gasteiger charge is 2.33. The van der Waals surface area contributed by atoms with Crippen LogP contribution in [0.4, 0.5) is 11.9 Å². The van der Waals surface area contributed by atoms with Gasteiger partial charge in [-0.15, -0.1) is 0 Å². The molecule has 1 saturated carbocycles. The van der Waals surface area contributed by atoms with Gasteiger partial charge in [0.1, 0.15) is 18.2 Å². The Morgan fingerprint density at radius 3 is 2.71 bits per heavy atom. The molecule has 0 unspecified atom stereocenters. The summed E-state index contributed by atoms with van der Waals surface area (Å²) in [5.41, 5.74) is 5.08. The van der Waals surface area contributed by atoms with Crippen molar-refractivity contribution >= 4 is 11.9 Å². The Balaban J connectivity index is 1.90. The van der Waals surface area contributed by atoms with E-state index >= 15 is 0 Å². The van der Waals surface area contributed by atoms with E-state index in [-0.39, 0.29) is 17.8 Å². The van der Waals surface area contributed by atoms with Crippen molar-refractivity contribution in [3.05, 3.63) is 12.7 Å². The van der Waals surface area contributed by atoms with Crippen molar-refractivity contribution in [3.8, 4) is 12.0 Å². The Kier molecular flexibility index (Phi) is 3.35. The topological polar surface area (TPSA) is 131 Å². The van der Waals surface area contributed by atoms with Gasteiger partial charge in [-0.3, -0.25) is 0 Å². The standard InChI is InChI=1S/C12H15N9/c13-6-12(4-2-1-3-5-12)20-10-17-9(14)18-11(19-10)21-8-15-7-16-21/h7-8H,1-5H2,(H3,14,17,18,19,20). The van der Waals surface area contributed by atoms with Crippen LogP contribution in [-0.2, 0) is 0 Å². The second kappa shape index (κ2) is 5.32. The minimum absolute atomic E-state index is 0.0712. The number of rotatable bonds is 3. The lowest BCUT2D eigenvalue weighted by atomic mass is 9.83. The van der Waals surface area contributed by atoms with Gasteiger partial charge in [0.25, 0.3) is 5.95 Å². The van der Waals surface area contributed by atoms with Crippen molar-refractivity contribution in [1.29, 1.82) is 5.26 Å². The van der Waals surface area contributed by atoms with Gasteiger partial charge in [-0.2, -0.15) is 30.0 Å². The van der Waals surface area contributed by atoms with E-state index in [0.717, 1.165) is 32.1 Å². The Hall–Kier alpha value is -2.76. The molecule has 0 aromatic carbocycles. The van der Waals surface area contributed by atoms with Gasteiger partial charge in [-0.25, -0.2) is 4.98 Å². The fourth-order valence-electron chi connectivity index (χ4n) is 2.48. The zero-order chi connectivity index (χ0) is 14.7. The lowest BCUT2D eigenvalue weighted by Crippen LogP contribution is -2.39. The van der Waals surface area contributed by atoms with Crippen LogP contribution in [-0.4, -0.2) is 35.3 Å². The van der Waals surface area contributed by atoms with Gasteiger partial charge in [0.15, 0.2) is 0 Å². The van der Waals surface area contributed by atoms with Crippen molar-refractivity contribution in [1.82, 2.24) is 29.7 Å². The smallest absolute Gasteiger partial charge is 0.258 e. The van der Waals surface area contributed by atoms with Crippen molar-refractivity contribution in [2.24, 2.45) is 0 Å². The molecule has 0 saturated heterocycles. The predicted octanol–water partition coefficient (Wildman–Crippen LogP) is 0.673. The summed E-state index contributed by atoms with van der Waals surface area (Å²) >= 11 is 0. The Bertz CT molecular complexity index is 652. The van der Waals surface area contributed by atoms with Crippen LogP contribution in [0.2, 0.25) is 0 Å². The molecular weight excluding hydrogens is 270 g/mol. The largest absolute Gasteiger partial charge is 0.368 e. The summed E-state index contributed by atoms with van der Waals surface area (Å²) in [6.07, 6.45) is 7.56. The van der Waals surface area contributed by atoms with Gasteiger partial charge in [-0.1, -0.05) is 19.3 Å². The number of nitrogens with one attached hydrogen (secondary N) is 1. The third-order valence-electron chi connectivity index (χ3n) is 3.54. The normalized spacial score (nSPS) is 17.1. The SMILES string of the molecule is N#CC1(Nc2nc(N)nc(-n3cncn3)n2)CCCCC1. The third-order valence-corrected chi connectivity index (χ3v) is 3.54. The predicted molar refractivity (Wildman–Crippen MR) is 74.2 cm³/mol. The van der Waals surface area contributed by atoms with Crippen LogP contribution in [0.25, 0.3) is 5.95 Å². The Morgan fingerprint density at radius 2 is 2.05 bits per heavy atom. The molecule has 2 aromatic rings. The molecule has 9 heteroatoms. The summed E-state index contributed by atoms with van der Waals surface area (Å²) in [5.74, 6) is 0.629. The van der Waals surface area contributed by atoms with Gasteiger partial charge >= 0.3 is 0 Å². The molecule has 2 heterocycles. The van der Waals surface area contributed by atoms with Gasteiger partial charge in [0.05, 0.1) is 6.07 Å². The number of hydrogen-bond acceptors (Lipinski definition) is 8. The van der Waals surface area contributed by atoms with Crippen molar-refractivity contribution in [2.45, 2.75) is 37.6 Å². The number of nitrogen functional groups attached to an aromatic ring is 1. The van der Waals surface area contributed by atoms with E-state index in [0.29, 0.717) is 0 Å². The first-order valence-corrected chi connectivity index (χ1v) is 6.77. The summed E-state index contributed by atoms with van der Waals surface area (Å²) in [6.45, 7) is 0. The van der Waals surface area contributed by atoms with Gasteiger partial charge in [0, 0.05) is 0 Å². The average molecular weight is 285 g/mol. The van der Waals surface area contributed by atoms with Gasteiger partial charge < -0.3 is 11.1 Å². The molecule has 1 aliphatic rings. The first-order chi connectivity index (χ1) is 10.2. The van der Waals surface area contributed by atoms with Gasteiger partial charge in [-0.05, 0) is 12.8 Å². The van der Waals surface area contributed by atoms with E-state index < -0.39 is 5.54 Å². The van der Waals surface area contributed by atoms with Crippen LogP contribution in [0, 0.1) is 11.3 Å². The zero-order valence-electron chi connectivity index (χ0n) is 11.4. The van der Waals surface area contributed by atoms with Crippen LogP contribution in [0.5, 0.6) is 0 Å². The number of nitrogens with two attached hydrogens (primary N) is 1. The molecule has 1 aliphatic carbocycles. The number of hydrogen-bond donors (Lipinski definition) is 2. The molecule has 3 rings (SSSR count). The molecule has 0 bridgehead atoms. The van der Waals surface area contributed by atoms with Crippen LogP contribution in [0.3, 0.4) is 0 Å². The van der Waals surface area contributed by atoms with Crippen LogP contribution >= 0.6 is 0 Å². The van der Waals surface area contributed by atoms with Crippen molar-refractivity contribution in [3.63, 3.8) is 0 Å². The number of aromatic nitrogens is 6. The summed E-state index contributed by atoms with van der Waals surface area (Å²) in [5, 5.41) is 16.6. The third kappa shape index (κ3) is 2.74. The molecule has 0 spiro atoms. The Morgan fingerprint density at radius 1 is 1.24 bits per heavy atom. The minimum atomic E-state index is -0.633. The lowest BCUT2D eigenvalue weighted by molar-refractivity contribution is 0.390. The fourth-order valence-corrected chi connectivity index (χ4v) is 2.48. The highest BCUT2D eigenvalue weighted by molar-refractivity contribution is 5.40. The van der Waals surface area contributed by atoms with E-state index in [9.17, 15) is 5.26 Å². The molecule has 0 amide bonds. The fraction of sp³-hybridized carbons (Fsp3) is 0.500. The van der Waals surface area contributed by atoms with Crippen LogP contribution < -0.4 is 11.1 Å². The average Bonchev–Trinajstić information content (AvgIpc) is 3.02. The van der Waals surface area contributed by atoms with E-state index in [2.05, 4.69) is 36.4 Å².